The number of methoxy groups -OCH3 is 1. The lowest BCUT2D eigenvalue weighted by Crippen LogP contribution is -2.76. The van der Waals surface area contributed by atoms with E-state index in [1.165, 1.54) is 0 Å². The van der Waals surface area contributed by atoms with Crippen LogP contribution in [0.5, 0.6) is 0 Å². The first-order valence-corrected chi connectivity index (χ1v) is 10.7. The van der Waals surface area contributed by atoms with Crippen LogP contribution in [0.15, 0.2) is 0 Å². The quantitative estimate of drug-likeness (QED) is 0.305. The van der Waals surface area contributed by atoms with E-state index >= 15 is 0 Å². The Hall–Kier alpha value is -0.600. The molecular weight excluding hydrogens is 408 g/mol. The van der Waals surface area contributed by atoms with Gasteiger partial charge in [-0.3, -0.25) is 31.9 Å². The third-order valence-corrected chi connectivity index (χ3v) is 5.82. The first-order valence-electron chi connectivity index (χ1n) is 10.7. The van der Waals surface area contributed by atoms with Gasteiger partial charge in [0.15, 0.2) is 6.35 Å². The predicted molar refractivity (Wildman–Crippen MR) is 103 cm³/mol. The second-order valence-corrected chi connectivity index (χ2v) is 8.26. The molecular formula is C18H34F4N6O2. The van der Waals surface area contributed by atoms with E-state index in [0.29, 0.717) is 25.3 Å². The van der Waals surface area contributed by atoms with E-state index < -0.39 is 37.9 Å². The number of halogens is 4. The fraction of sp³-hybridized carbons (Fsp3) is 1.00. The summed E-state index contributed by atoms with van der Waals surface area (Å²) in [6, 6.07) is 0.128. The van der Waals surface area contributed by atoms with Crippen LogP contribution in [0.3, 0.4) is 0 Å². The maximum absolute atomic E-state index is 13.3. The minimum atomic E-state index is -4.41. The molecule has 3 rings (SSSR count). The zero-order chi connectivity index (χ0) is 21.6. The summed E-state index contributed by atoms with van der Waals surface area (Å²) in [5.41, 5.74) is 0. The Labute approximate surface area is 174 Å². The van der Waals surface area contributed by atoms with Crippen molar-refractivity contribution in [3.8, 4) is 0 Å². The molecule has 5 unspecified atom stereocenters. The summed E-state index contributed by atoms with van der Waals surface area (Å²) in [5, 5.41) is 19.1. The molecule has 0 aromatic carbocycles. The first-order chi connectivity index (χ1) is 14.3. The molecule has 2 saturated heterocycles. The Morgan fingerprint density at radius 2 is 1.73 bits per heavy atom. The summed E-state index contributed by atoms with van der Waals surface area (Å²) in [5.74, 6) is 0.350. The minimum absolute atomic E-state index is 0.0604. The number of piperidine rings is 1. The SMILES string of the molecule is COC1CC(NC2NC(NCC3CCC(F)CC3)NC(OCC(F)(F)F)N2)CCN1. The molecule has 3 fully saturated rings. The van der Waals surface area contributed by atoms with Gasteiger partial charge in [-0.15, -0.1) is 0 Å². The Morgan fingerprint density at radius 1 is 1.00 bits per heavy atom. The molecule has 0 amide bonds. The van der Waals surface area contributed by atoms with E-state index in [9.17, 15) is 17.6 Å². The summed E-state index contributed by atoms with van der Waals surface area (Å²) in [4.78, 5) is 0. The summed E-state index contributed by atoms with van der Waals surface area (Å²) in [6.07, 6.45) is -2.72. The van der Waals surface area contributed by atoms with Crippen LogP contribution in [-0.2, 0) is 9.47 Å². The van der Waals surface area contributed by atoms with Crippen molar-refractivity contribution in [2.75, 3.05) is 26.8 Å². The second-order valence-electron chi connectivity index (χ2n) is 8.26. The van der Waals surface area contributed by atoms with Crippen LogP contribution in [0, 0.1) is 5.92 Å². The summed E-state index contributed by atoms with van der Waals surface area (Å²) >= 11 is 0. The fourth-order valence-electron chi connectivity index (χ4n) is 4.16. The van der Waals surface area contributed by atoms with E-state index in [-0.39, 0.29) is 12.3 Å². The van der Waals surface area contributed by atoms with Gasteiger partial charge in [0.05, 0.1) is 0 Å². The topological polar surface area (TPSA) is 90.6 Å². The van der Waals surface area contributed by atoms with E-state index in [4.69, 9.17) is 9.47 Å². The molecule has 3 aliphatic rings. The van der Waals surface area contributed by atoms with Gasteiger partial charge in [-0.1, -0.05) is 0 Å². The maximum atomic E-state index is 13.3. The highest BCUT2D eigenvalue weighted by molar-refractivity contribution is 4.84. The lowest BCUT2D eigenvalue weighted by Gasteiger charge is -2.42. The van der Waals surface area contributed by atoms with Crippen LogP contribution in [0.25, 0.3) is 0 Å². The first kappa shape index (κ1) is 24.1. The van der Waals surface area contributed by atoms with Gasteiger partial charge >= 0.3 is 6.18 Å². The molecule has 12 heteroatoms. The molecule has 5 atom stereocenters. The zero-order valence-electron chi connectivity index (χ0n) is 17.2. The Balaban J connectivity index is 1.52. The highest BCUT2D eigenvalue weighted by atomic mass is 19.4. The zero-order valence-corrected chi connectivity index (χ0v) is 17.2. The summed E-state index contributed by atoms with van der Waals surface area (Å²) < 4.78 is 61.5. The lowest BCUT2D eigenvalue weighted by molar-refractivity contribution is -0.199. The number of nitrogens with one attached hydrogen (secondary N) is 6. The van der Waals surface area contributed by atoms with Crippen molar-refractivity contribution in [3.63, 3.8) is 0 Å². The molecule has 30 heavy (non-hydrogen) atoms. The van der Waals surface area contributed by atoms with Crippen LogP contribution in [-0.4, -0.2) is 70.4 Å². The summed E-state index contributed by atoms with van der Waals surface area (Å²) in [6.45, 7) is 0.0833. The van der Waals surface area contributed by atoms with Crippen LogP contribution in [0.1, 0.15) is 38.5 Å². The maximum Gasteiger partial charge on any atom is 0.411 e. The van der Waals surface area contributed by atoms with Crippen molar-refractivity contribution in [2.24, 2.45) is 5.92 Å². The van der Waals surface area contributed by atoms with Gasteiger partial charge in [0.25, 0.3) is 0 Å². The monoisotopic (exact) mass is 442 g/mol. The molecule has 1 saturated carbocycles. The van der Waals surface area contributed by atoms with Crippen molar-refractivity contribution >= 4 is 0 Å². The minimum Gasteiger partial charge on any atom is -0.367 e. The number of hydrogen-bond donors (Lipinski definition) is 6. The van der Waals surface area contributed by atoms with E-state index in [1.807, 2.05) is 0 Å². The average molecular weight is 443 g/mol. The third-order valence-electron chi connectivity index (χ3n) is 5.82. The molecule has 0 radical (unpaired) electrons. The molecule has 1 aliphatic carbocycles. The molecule has 8 nitrogen and oxygen atoms in total. The largest absolute Gasteiger partial charge is 0.411 e. The van der Waals surface area contributed by atoms with Crippen molar-refractivity contribution in [3.05, 3.63) is 0 Å². The Kier molecular flexibility index (Phi) is 9.07. The molecule has 0 bridgehead atoms. The second kappa shape index (κ2) is 11.3. The van der Waals surface area contributed by atoms with E-state index in [0.717, 1.165) is 32.2 Å². The number of alkyl halides is 4. The highest BCUT2D eigenvalue weighted by Crippen LogP contribution is 2.25. The predicted octanol–water partition coefficient (Wildman–Crippen LogP) is 0.631. The Morgan fingerprint density at radius 3 is 2.43 bits per heavy atom. The van der Waals surface area contributed by atoms with Gasteiger partial charge in [-0.05, 0) is 44.6 Å². The van der Waals surface area contributed by atoms with E-state index in [1.54, 1.807) is 7.11 Å². The molecule has 0 aromatic rings. The van der Waals surface area contributed by atoms with Crippen molar-refractivity contribution in [2.45, 2.75) is 82.1 Å². The van der Waals surface area contributed by atoms with E-state index in [2.05, 4.69) is 31.9 Å². The van der Waals surface area contributed by atoms with Crippen LogP contribution in [0.4, 0.5) is 17.6 Å². The molecule has 2 aliphatic heterocycles. The van der Waals surface area contributed by atoms with Crippen LogP contribution < -0.4 is 31.9 Å². The standard InChI is InChI=1S/C18H34F4N6O2/c1-29-14-8-13(6-7-23-14)25-16-26-15(24-9-11-2-4-12(19)5-3-11)27-17(28-16)30-10-18(20,21)22/h11-17,23-28H,2-10H2,1H3. The molecule has 0 spiro atoms. The normalized spacial score (nSPS) is 38.5. The molecule has 0 aromatic heterocycles. The molecule has 176 valence electrons. The number of ether oxygens (including phenoxy) is 2. The van der Waals surface area contributed by atoms with Gasteiger partial charge in [0.2, 0.25) is 0 Å². The average Bonchev–Trinajstić information content (AvgIpc) is 2.71. The highest BCUT2D eigenvalue weighted by Gasteiger charge is 2.34. The van der Waals surface area contributed by atoms with Gasteiger partial charge in [-0.2, -0.15) is 13.2 Å². The lowest BCUT2D eigenvalue weighted by atomic mass is 9.88. The fourth-order valence-corrected chi connectivity index (χ4v) is 4.16. The van der Waals surface area contributed by atoms with Gasteiger partial charge < -0.3 is 9.47 Å². The molecule has 6 N–H and O–H groups in total. The van der Waals surface area contributed by atoms with Crippen LogP contribution >= 0.6 is 0 Å². The van der Waals surface area contributed by atoms with Gasteiger partial charge in [0.1, 0.15) is 31.6 Å². The van der Waals surface area contributed by atoms with Gasteiger partial charge in [0, 0.05) is 26.1 Å². The Bertz CT molecular complexity index is 510. The smallest absolute Gasteiger partial charge is 0.367 e. The van der Waals surface area contributed by atoms with Crippen molar-refractivity contribution in [1.29, 1.82) is 0 Å². The number of rotatable bonds is 8. The third kappa shape index (κ3) is 8.15. The van der Waals surface area contributed by atoms with Crippen molar-refractivity contribution < 1.29 is 27.0 Å². The van der Waals surface area contributed by atoms with Crippen LogP contribution in [0.2, 0.25) is 0 Å². The van der Waals surface area contributed by atoms with Gasteiger partial charge in [-0.25, -0.2) is 4.39 Å². The summed E-state index contributed by atoms with van der Waals surface area (Å²) in [7, 11) is 1.64. The molecule has 2 heterocycles. The number of hydrogen-bond acceptors (Lipinski definition) is 8. The van der Waals surface area contributed by atoms with Crippen molar-refractivity contribution in [1.82, 2.24) is 31.9 Å².